The van der Waals surface area contributed by atoms with Gasteiger partial charge in [0.25, 0.3) is 11.8 Å². The van der Waals surface area contributed by atoms with Crippen LogP contribution in [-0.4, -0.2) is 68.2 Å². The predicted molar refractivity (Wildman–Crippen MR) is 142 cm³/mol. The van der Waals surface area contributed by atoms with Crippen LogP contribution in [0.4, 0.5) is 11.6 Å². The van der Waals surface area contributed by atoms with Gasteiger partial charge in [-0.15, -0.1) is 0 Å². The Labute approximate surface area is 222 Å². The number of amides is 2. The lowest BCUT2D eigenvalue weighted by Crippen LogP contribution is -2.47. The van der Waals surface area contributed by atoms with E-state index in [0.29, 0.717) is 37.5 Å². The number of nitrogen functional groups attached to an aromatic ring is 1. The minimum Gasteiger partial charge on any atom is -0.463 e. The molecule has 2 aromatic rings. The first-order chi connectivity index (χ1) is 17.9. The monoisotopic (exact) mass is 526 g/mol. The number of ether oxygens (including phenoxy) is 1. The van der Waals surface area contributed by atoms with E-state index >= 15 is 0 Å². The van der Waals surface area contributed by atoms with Crippen molar-refractivity contribution in [1.82, 2.24) is 25.3 Å². The summed E-state index contributed by atoms with van der Waals surface area (Å²) < 4.78 is 5.91. The molecule has 12 nitrogen and oxygen atoms in total. The summed E-state index contributed by atoms with van der Waals surface area (Å²) in [6.07, 6.45) is 3.65. The third-order valence-corrected chi connectivity index (χ3v) is 7.51. The number of pyridine rings is 1. The van der Waals surface area contributed by atoms with Crippen LogP contribution in [0.1, 0.15) is 86.1 Å². The van der Waals surface area contributed by atoms with E-state index in [1.165, 1.54) is 0 Å². The Balaban J connectivity index is 1.50. The maximum absolute atomic E-state index is 13.0. The number of nitrogens with two attached hydrogens (primary N) is 2. The molecule has 2 fully saturated rings. The molecule has 2 aliphatic rings. The van der Waals surface area contributed by atoms with Crippen LogP contribution in [0.25, 0.3) is 0 Å². The van der Waals surface area contributed by atoms with Gasteiger partial charge in [-0.2, -0.15) is 15.0 Å². The number of carbonyl (C=O) groups is 2. The average molecular weight is 527 g/mol. The van der Waals surface area contributed by atoms with Gasteiger partial charge in [0.2, 0.25) is 11.8 Å². The first kappa shape index (κ1) is 27.5. The summed E-state index contributed by atoms with van der Waals surface area (Å²) in [5.41, 5.74) is 11.2. The highest BCUT2D eigenvalue weighted by molar-refractivity contribution is 5.95. The van der Waals surface area contributed by atoms with Crippen molar-refractivity contribution in [2.24, 2.45) is 17.6 Å². The van der Waals surface area contributed by atoms with E-state index < -0.39 is 23.5 Å². The second-order valence-electron chi connectivity index (χ2n) is 11.1. The predicted octanol–water partition coefficient (Wildman–Crippen LogP) is 1.65. The highest BCUT2D eigenvalue weighted by Gasteiger charge is 2.30. The standard InChI is InChI=1S/C26H38N8O4/c1-14-11-16(12-14)13-38-25-32-22(23(36)29-15(2)26(3,4)37)31-24(33-25)34-9-7-17(8-10-34)19-6-5-18(27)20(30-19)21(28)35/h5-6,14-17,37H,7-13,27H2,1-4H3,(H2,28,35)(H,29,36)/t14-,15-,16-/m1/s1. The number of nitrogens with one attached hydrogen (secondary N) is 1. The molecule has 0 unspecified atom stereocenters. The third-order valence-electron chi connectivity index (χ3n) is 7.51. The van der Waals surface area contributed by atoms with Crippen molar-refractivity contribution in [3.05, 3.63) is 29.3 Å². The fourth-order valence-corrected chi connectivity index (χ4v) is 4.77. The molecule has 1 saturated heterocycles. The van der Waals surface area contributed by atoms with Gasteiger partial charge in [-0.1, -0.05) is 6.92 Å². The number of hydrogen-bond acceptors (Lipinski definition) is 10. The molecule has 1 aliphatic heterocycles. The number of hydrogen-bond donors (Lipinski definition) is 4. The summed E-state index contributed by atoms with van der Waals surface area (Å²) in [5.74, 6) is 0.393. The zero-order valence-electron chi connectivity index (χ0n) is 22.5. The van der Waals surface area contributed by atoms with Crippen molar-refractivity contribution in [1.29, 1.82) is 0 Å². The van der Waals surface area contributed by atoms with Crippen molar-refractivity contribution >= 4 is 23.5 Å². The van der Waals surface area contributed by atoms with Gasteiger partial charge in [0.05, 0.1) is 23.9 Å². The molecule has 0 bridgehead atoms. The molecule has 12 heteroatoms. The number of aliphatic hydroxyl groups is 1. The molecule has 1 atom stereocenters. The van der Waals surface area contributed by atoms with E-state index in [4.69, 9.17) is 16.2 Å². The Morgan fingerprint density at radius 3 is 2.47 bits per heavy atom. The summed E-state index contributed by atoms with van der Waals surface area (Å²) in [6.45, 7) is 8.87. The molecule has 2 aromatic heterocycles. The van der Waals surface area contributed by atoms with Crippen molar-refractivity contribution in [2.45, 2.75) is 70.9 Å². The van der Waals surface area contributed by atoms with Gasteiger partial charge in [-0.25, -0.2) is 4.98 Å². The van der Waals surface area contributed by atoms with Crippen LogP contribution in [0.15, 0.2) is 12.1 Å². The van der Waals surface area contributed by atoms with E-state index in [1.54, 1.807) is 26.8 Å². The van der Waals surface area contributed by atoms with Crippen molar-refractivity contribution in [3.8, 4) is 6.01 Å². The highest BCUT2D eigenvalue weighted by Crippen LogP contribution is 2.33. The largest absolute Gasteiger partial charge is 0.463 e. The second kappa shape index (κ2) is 11.1. The van der Waals surface area contributed by atoms with E-state index in [0.717, 1.165) is 31.4 Å². The number of primary amides is 1. The minimum absolute atomic E-state index is 0.0588. The zero-order valence-corrected chi connectivity index (χ0v) is 22.5. The molecule has 1 saturated carbocycles. The summed E-state index contributed by atoms with van der Waals surface area (Å²) in [6, 6.07) is 3.07. The molecule has 4 rings (SSSR count). The summed E-state index contributed by atoms with van der Waals surface area (Å²) >= 11 is 0. The van der Waals surface area contributed by atoms with Gasteiger partial charge < -0.3 is 31.5 Å². The van der Waals surface area contributed by atoms with Crippen LogP contribution < -0.4 is 26.4 Å². The van der Waals surface area contributed by atoms with Gasteiger partial charge >= 0.3 is 6.01 Å². The third kappa shape index (κ3) is 6.47. The van der Waals surface area contributed by atoms with Crippen LogP contribution in [0.5, 0.6) is 6.01 Å². The first-order valence-corrected chi connectivity index (χ1v) is 13.1. The Morgan fingerprint density at radius 2 is 1.87 bits per heavy atom. The molecule has 0 spiro atoms. The Morgan fingerprint density at radius 1 is 1.18 bits per heavy atom. The highest BCUT2D eigenvalue weighted by atomic mass is 16.5. The minimum atomic E-state index is -1.11. The number of nitrogens with zero attached hydrogens (tertiary/aromatic N) is 5. The fraction of sp³-hybridized carbons (Fsp3) is 0.615. The summed E-state index contributed by atoms with van der Waals surface area (Å²) in [4.78, 5) is 44.3. The zero-order chi connectivity index (χ0) is 27.6. The lowest BCUT2D eigenvalue weighted by atomic mass is 9.77. The SMILES string of the molecule is C[C@@H](NC(=O)c1nc(OC[C@H]2C[C@H](C)C2)nc(N2CCC(c3ccc(N)c(C(N)=O)n3)CC2)n1)C(C)(C)O. The topological polar surface area (TPSA) is 182 Å². The normalized spacial score (nSPS) is 20.9. The van der Waals surface area contributed by atoms with E-state index in [2.05, 4.69) is 32.2 Å². The van der Waals surface area contributed by atoms with Gasteiger partial charge in [0.15, 0.2) is 5.69 Å². The van der Waals surface area contributed by atoms with Gasteiger partial charge in [0, 0.05) is 24.7 Å². The van der Waals surface area contributed by atoms with Crippen molar-refractivity contribution in [3.63, 3.8) is 0 Å². The van der Waals surface area contributed by atoms with Crippen LogP contribution in [0.2, 0.25) is 0 Å². The van der Waals surface area contributed by atoms with Gasteiger partial charge in [-0.05, 0) is 70.4 Å². The van der Waals surface area contributed by atoms with Crippen molar-refractivity contribution in [2.75, 3.05) is 30.3 Å². The van der Waals surface area contributed by atoms with Gasteiger partial charge in [-0.3, -0.25) is 9.59 Å². The molecule has 0 radical (unpaired) electrons. The summed E-state index contributed by atoms with van der Waals surface area (Å²) in [5, 5.41) is 13.0. The number of carbonyl (C=O) groups excluding carboxylic acids is 2. The maximum atomic E-state index is 13.0. The molecule has 38 heavy (non-hydrogen) atoms. The first-order valence-electron chi connectivity index (χ1n) is 13.1. The van der Waals surface area contributed by atoms with E-state index in [9.17, 15) is 14.7 Å². The maximum Gasteiger partial charge on any atom is 0.321 e. The van der Waals surface area contributed by atoms with Crippen molar-refractivity contribution < 1.29 is 19.4 Å². The quantitative estimate of drug-likeness (QED) is 0.375. The molecule has 0 aromatic carbocycles. The molecule has 1 aliphatic carbocycles. The average Bonchev–Trinajstić information content (AvgIpc) is 2.85. The molecule has 2 amide bonds. The number of aromatic nitrogens is 4. The molecule has 3 heterocycles. The van der Waals surface area contributed by atoms with Gasteiger partial charge in [0.1, 0.15) is 0 Å². The number of anilines is 2. The van der Waals surface area contributed by atoms with Crippen LogP contribution in [0, 0.1) is 11.8 Å². The Kier molecular flexibility index (Phi) is 8.00. The Hall–Kier alpha value is -3.54. The fourth-order valence-electron chi connectivity index (χ4n) is 4.77. The Bertz CT molecular complexity index is 1170. The summed E-state index contributed by atoms with van der Waals surface area (Å²) in [7, 11) is 0. The molecular formula is C26H38N8O4. The smallest absolute Gasteiger partial charge is 0.321 e. The number of rotatable bonds is 9. The number of piperidine rings is 1. The van der Waals surface area contributed by atoms with Crippen LogP contribution in [0.3, 0.4) is 0 Å². The second-order valence-corrected chi connectivity index (χ2v) is 11.1. The molecule has 206 valence electrons. The van der Waals surface area contributed by atoms with E-state index in [1.807, 2.05) is 11.0 Å². The van der Waals surface area contributed by atoms with Crippen LogP contribution >= 0.6 is 0 Å². The lowest BCUT2D eigenvalue weighted by Gasteiger charge is -2.33. The van der Waals surface area contributed by atoms with Crippen LogP contribution in [-0.2, 0) is 0 Å². The van der Waals surface area contributed by atoms with E-state index in [-0.39, 0.29) is 29.1 Å². The molecular weight excluding hydrogens is 488 g/mol. The molecule has 6 N–H and O–H groups in total. The lowest BCUT2D eigenvalue weighted by molar-refractivity contribution is 0.0405.